The minimum absolute atomic E-state index is 0.0510. The fraction of sp³-hybridized carbons (Fsp3) is 0.269. The van der Waals surface area contributed by atoms with E-state index in [2.05, 4.69) is 33.2 Å². The summed E-state index contributed by atoms with van der Waals surface area (Å²) in [6.07, 6.45) is 7.13. The molecule has 1 amide bonds. The predicted molar refractivity (Wildman–Crippen MR) is 135 cm³/mol. The second kappa shape index (κ2) is 9.87. The van der Waals surface area contributed by atoms with Gasteiger partial charge in [0.05, 0.1) is 11.4 Å². The molecule has 0 spiro atoms. The van der Waals surface area contributed by atoms with Crippen LogP contribution in [0, 0.1) is 13.8 Å². The highest BCUT2D eigenvalue weighted by Crippen LogP contribution is 2.30. The van der Waals surface area contributed by atoms with Crippen molar-refractivity contribution < 1.29 is 9.59 Å². The van der Waals surface area contributed by atoms with Crippen molar-refractivity contribution in [3.8, 4) is 17.1 Å². The Bertz CT molecular complexity index is 1370. The second-order valence-corrected chi connectivity index (χ2v) is 9.63. The largest absolute Gasteiger partial charge is 0.356 e. The summed E-state index contributed by atoms with van der Waals surface area (Å²) in [6.45, 7) is 5.64. The lowest BCUT2D eigenvalue weighted by molar-refractivity contribution is 0.0787. The SMILES string of the molecule is Cc1ccc(-n2c(SCC(=O)c3c[nH]c(C(=O)N4CCCC4)c3)nnc2-c2cccnc2)c(C)c1. The molecular weight excluding hydrogens is 460 g/mol. The molecule has 1 saturated heterocycles. The molecule has 5 rings (SSSR count). The van der Waals surface area contributed by atoms with Gasteiger partial charge in [-0.25, -0.2) is 0 Å². The third-order valence-electron chi connectivity index (χ3n) is 6.11. The molecule has 0 atom stereocenters. The average molecular weight is 487 g/mol. The molecule has 1 aliphatic heterocycles. The molecule has 0 aliphatic carbocycles. The van der Waals surface area contributed by atoms with Crippen LogP contribution in [0.3, 0.4) is 0 Å². The highest BCUT2D eigenvalue weighted by Gasteiger charge is 2.23. The first-order valence-corrected chi connectivity index (χ1v) is 12.6. The number of aromatic nitrogens is 5. The summed E-state index contributed by atoms with van der Waals surface area (Å²) < 4.78 is 1.98. The van der Waals surface area contributed by atoms with Gasteiger partial charge in [-0.3, -0.25) is 19.1 Å². The summed E-state index contributed by atoms with van der Waals surface area (Å²) in [7, 11) is 0. The quantitative estimate of drug-likeness (QED) is 0.306. The number of amides is 1. The van der Waals surface area contributed by atoms with Crippen LogP contribution >= 0.6 is 11.8 Å². The fourth-order valence-electron chi connectivity index (χ4n) is 4.30. The molecule has 1 aliphatic rings. The fourth-order valence-corrected chi connectivity index (χ4v) is 5.14. The summed E-state index contributed by atoms with van der Waals surface area (Å²) in [6, 6.07) is 11.7. The summed E-state index contributed by atoms with van der Waals surface area (Å²) in [5.74, 6) is 0.709. The van der Waals surface area contributed by atoms with E-state index in [0.717, 1.165) is 42.7 Å². The van der Waals surface area contributed by atoms with E-state index in [4.69, 9.17) is 0 Å². The molecule has 0 saturated carbocycles. The van der Waals surface area contributed by atoms with Gasteiger partial charge in [-0.2, -0.15) is 0 Å². The maximum Gasteiger partial charge on any atom is 0.270 e. The zero-order valence-corrected chi connectivity index (χ0v) is 20.5. The Morgan fingerprint density at radius 1 is 1.09 bits per heavy atom. The van der Waals surface area contributed by atoms with Crippen molar-refractivity contribution in [1.82, 2.24) is 29.6 Å². The number of nitrogens with zero attached hydrogens (tertiary/aromatic N) is 5. The van der Waals surface area contributed by atoms with Crippen molar-refractivity contribution in [2.45, 2.75) is 31.8 Å². The molecule has 9 heteroatoms. The van der Waals surface area contributed by atoms with Crippen LogP contribution in [0.25, 0.3) is 17.1 Å². The van der Waals surface area contributed by atoms with Crippen LogP contribution in [0.2, 0.25) is 0 Å². The third kappa shape index (κ3) is 4.77. The van der Waals surface area contributed by atoms with E-state index in [-0.39, 0.29) is 17.4 Å². The zero-order chi connectivity index (χ0) is 24.4. The maximum atomic E-state index is 13.0. The molecule has 3 aromatic heterocycles. The number of rotatable bonds is 7. The Labute approximate surface area is 207 Å². The highest BCUT2D eigenvalue weighted by atomic mass is 32.2. The molecule has 0 unspecified atom stereocenters. The molecular formula is C26H26N6O2S. The van der Waals surface area contributed by atoms with Crippen LogP contribution < -0.4 is 0 Å². The van der Waals surface area contributed by atoms with Crippen molar-refractivity contribution in [2.75, 3.05) is 18.8 Å². The number of thioether (sulfide) groups is 1. The topological polar surface area (TPSA) is 96.8 Å². The van der Waals surface area contributed by atoms with Crippen LogP contribution in [0.5, 0.6) is 0 Å². The number of Topliss-reactive ketones (excluding diaryl/α,β-unsaturated/α-hetero) is 1. The van der Waals surface area contributed by atoms with E-state index in [1.165, 1.54) is 17.3 Å². The van der Waals surface area contributed by atoms with Gasteiger partial charge < -0.3 is 9.88 Å². The van der Waals surface area contributed by atoms with Crippen LogP contribution in [-0.2, 0) is 0 Å². The Morgan fingerprint density at radius 2 is 1.91 bits per heavy atom. The molecule has 8 nitrogen and oxygen atoms in total. The van der Waals surface area contributed by atoms with E-state index >= 15 is 0 Å². The van der Waals surface area contributed by atoms with Gasteiger partial charge in [0, 0.05) is 42.8 Å². The first kappa shape index (κ1) is 23.0. The van der Waals surface area contributed by atoms with Gasteiger partial charge in [-0.15, -0.1) is 10.2 Å². The number of pyridine rings is 1. The van der Waals surface area contributed by atoms with Crippen molar-refractivity contribution >= 4 is 23.5 Å². The number of likely N-dealkylation sites (tertiary alicyclic amines) is 1. The van der Waals surface area contributed by atoms with Gasteiger partial charge in [-0.05, 0) is 56.5 Å². The van der Waals surface area contributed by atoms with Gasteiger partial charge in [0.25, 0.3) is 5.91 Å². The van der Waals surface area contributed by atoms with Crippen molar-refractivity contribution in [3.63, 3.8) is 0 Å². The zero-order valence-electron chi connectivity index (χ0n) is 19.7. The van der Waals surface area contributed by atoms with E-state index in [9.17, 15) is 9.59 Å². The number of benzene rings is 1. The smallest absolute Gasteiger partial charge is 0.270 e. The molecule has 4 aromatic rings. The van der Waals surface area contributed by atoms with Crippen molar-refractivity contribution in [3.05, 3.63) is 77.4 Å². The molecule has 178 valence electrons. The van der Waals surface area contributed by atoms with E-state index in [1.807, 2.05) is 40.7 Å². The van der Waals surface area contributed by atoms with Crippen LogP contribution in [-0.4, -0.2) is 60.2 Å². The van der Waals surface area contributed by atoms with Gasteiger partial charge in [0.2, 0.25) is 0 Å². The summed E-state index contributed by atoms with van der Waals surface area (Å²) in [4.78, 5) is 34.6. The minimum atomic E-state index is -0.0789. The number of aromatic amines is 1. The Balaban J connectivity index is 1.39. The van der Waals surface area contributed by atoms with Crippen LogP contribution in [0.4, 0.5) is 0 Å². The van der Waals surface area contributed by atoms with Crippen molar-refractivity contribution in [1.29, 1.82) is 0 Å². The van der Waals surface area contributed by atoms with Crippen molar-refractivity contribution in [2.24, 2.45) is 0 Å². The Hall–Kier alpha value is -3.72. The second-order valence-electron chi connectivity index (χ2n) is 8.69. The molecule has 1 aromatic carbocycles. The predicted octanol–water partition coefficient (Wildman–Crippen LogP) is 4.49. The van der Waals surface area contributed by atoms with E-state index in [1.54, 1.807) is 24.7 Å². The van der Waals surface area contributed by atoms with E-state index in [0.29, 0.717) is 22.2 Å². The van der Waals surface area contributed by atoms with Crippen LogP contribution in [0.15, 0.2) is 60.1 Å². The molecule has 0 radical (unpaired) electrons. The lowest BCUT2D eigenvalue weighted by Crippen LogP contribution is -2.27. The normalized spacial score (nSPS) is 13.4. The first-order valence-electron chi connectivity index (χ1n) is 11.6. The number of carbonyl (C=O) groups is 2. The molecule has 35 heavy (non-hydrogen) atoms. The summed E-state index contributed by atoms with van der Waals surface area (Å²) >= 11 is 1.33. The monoisotopic (exact) mass is 486 g/mol. The van der Waals surface area contributed by atoms with Crippen LogP contribution in [0.1, 0.15) is 44.8 Å². The number of aryl methyl sites for hydroxylation is 2. The molecule has 0 bridgehead atoms. The number of ketones is 1. The third-order valence-corrected chi connectivity index (χ3v) is 7.04. The molecule has 4 heterocycles. The highest BCUT2D eigenvalue weighted by molar-refractivity contribution is 7.99. The average Bonchev–Trinajstić information content (AvgIpc) is 3.64. The minimum Gasteiger partial charge on any atom is -0.356 e. The molecule has 1 N–H and O–H groups in total. The number of nitrogens with one attached hydrogen (secondary N) is 1. The number of carbonyl (C=O) groups excluding carboxylic acids is 2. The van der Waals surface area contributed by atoms with Gasteiger partial charge >= 0.3 is 0 Å². The maximum absolute atomic E-state index is 13.0. The van der Waals surface area contributed by atoms with Gasteiger partial charge in [-0.1, -0.05) is 29.5 Å². The summed E-state index contributed by atoms with van der Waals surface area (Å²) in [5, 5.41) is 9.46. The number of H-pyrrole nitrogens is 1. The number of hydrogen-bond donors (Lipinski definition) is 1. The molecule has 1 fully saturated rings. The first-order chi connectivity index (χ1) is 17.0. The van der Waals surface area contributed by atoms with Gasteiger partial charge in [0.15, 0.2) is 16.8 Å². The lowest BCUT2D eigenvalue weighted by atomic mass is 10.1. The lowest BCUT2D eigenvalue weighted by Gasteiger charge is -2.13. The van der Waals surface area contributed by atoms with Gasteiger partial charge in [0.1, 0.15) is 5.69 Å². The summed E-state index contributed by atoms with van der Waals surface area (Å²) in [5.41, 5.74) is 4.99. The Morgan fingerprint density at radius 3 is 2.66 bits per heavy atom. The number of hydrogen-bond acceptors (Lipinski definition) is 6. The standard InChI is InChI=1S/C26H26N6O2S/c1-17-7-8-22(18(2)12-17)32-24(19-6-5-9-27-14-19)29-30-26(32)35-16-23(33)20-13-21(28-15-20)25(34)31-10-3-4-11-31/h5-9,12-15,28H,3-4,10-11,16H2,1-2H3. The van der Waals surface area contributed by atoms with E-state index < -0.39 is 0 Å². The Kier molecular flexibility index (Phi) is 6.50.